The van der Waals surface area contributed by atoms with E-state index in [1.807, 2.05) is 73.7 Å². The fourth-order valence-electron chi connectivity index (χ4n) is 2.52. The zero-order chi connectivity index (χ0) is 14.8. The summed E-state index contributed by atoms with van der Waals surface area (Å²) in [5.74, 6) is -0.0263. The van der Waals surface area contributed by atoms with Gasteiger partial charge in [0.05, 0.1) is 6.04 Å². The number of amides is 1. The van der Waals surface area contributed by atoms with E-state index in [0.29, 0.717) is 0 Å². The second-order valence-corrected chi connectivity index (χ2v) is 5.33. The zero-order valence-corrected chi connectivity index (χ0v) is 11.9. The summed E-state index contributed by atoms with van der Waals surface area (Å²) in [5, 5.41) is 0. The van der Waals surface area contributed by atoms with Crippen LogP contribution in [0.5, 0.6) is 0 Å². The van der Waals surface area contributed by atoms with E-state index in [1.54, 1.807) is 4.90 Å². The van der Waals surface area contributed by atoms with Gasteiger partial charge in [-0.1, -0.05) is 60.2 Å². The van der Waals surface area contributed by atoms with Gasteiger partial charge in [0.25, 0.3) is 0 Å². The van der Waals surface area contributed by atoms with Crippen molar-refractivity contribution in [2.75, 3.05) is 4.90 Å². The summed E-state index contributed by atoms with van der Waals surface area (Å²) >= 11 is 0. The highest BCUT2D eigenvalue weighted by molar-refractivity contribution is 6.06. The van der Waals surface area contributed by atoms with Crippen molar-refractivity contribution in [3.63, 3.8) is 0 Å². The van der Waals surface area contributed by atoms with Gasteiger partial charge in [0.1, 0.15) is 6.04 Å². The third-order valence-corrected chi connectivity index (χ3v) is 3.79. The number of aryl methyl sites for hydroxylation is 1. The monoisotopic (exact) mass is 278 g/mol. The van der Waals surface area contributed by atoms with Crippen molar-refractivity contribution in [3.05, 3.63) is 71.8 Å². The molecule has 1 saturated heterocycles. The highest BCUT2D eigenvalue weighted by Crippen LogP contribution is 2.28. The van der Waals surface area contributed by atoms with Crippen molar-refractivity contribution in [2.24, 2.45) is 5.73 Å². The Morgan fingerprint density at radius 2 is 1.71 bits per heavy atom. The lowest BCUT2D eigenvalue weighted by Crippen LogP contribution is -2.68. The van der Waals surface area contributed by atoms with Crippen molar-refractivity contribution in [1.29, 1.82) is 0 Å². The third kappa shape index (κ3) is 2.60. The molecular formula is C18H18N2O. The van der Waals surface area contributed by atoms with E-state index in [4.69, 9.17) is 5.73 Å². The molecule has 3 rings (SSSR count). The van der Waals surface area contributed by atoms with Crippen LogP contribution in [0.25, 0.3) is 6.08 Å². The maximum atomic E-state index is 12.0. The lowest BCUT2D eigenvalue weighted by molar-refractivity contribution is -0.125. The average molecular weight is 278 g/mol. The maximum Gasteiger partial charge on any atom is 0.247 e. The van der Waals surface area contributed by atoms with Crippen LogP contribution in [0.2, 0.25) is 0 Å². The van der Waals surface area contributed by atoms with Crippen LogP contribution in [0.4, 0.5) is 5.69 Å². The van der Waals surface area contributed by atoms with E-state index in [9.17, 15) is 4.79 Å². The standard InChI is InChI=1S/C18H18N2O/c1-13-7-10-15(11-8-13)20-16(17(19)18(20)21)12-9-14-5-3-2-4-6-14/h2-12,16-17H,19H2,1H3/b12-9+/t16-,17+/m0/s1. The highest BCUT2D eigenvalue weighted by atomic mass is 16.2. The molecule has 1 heterocycles. The largest absolute Gasteiger partial charge is 0.318 e. The highest BCUT2D eigenvalue weighted by Gasteiger charge is 2.44. The second-order valence-electron chi connectivity index (χ2n) is 5.33. The SMILES string of the molecule is Cc1ccc(N2C(=O)[C@H](N)[C@@H]2/C=C/c2ccccc2)cc1. The third-order valence-electron chi connectivity index (χ3n) is 3.79. The summed E-state index contributed by atoms with van der Waals surface area (Å²) < 4.78 is 0. The zero-order valence-electron chi connectivity index (χ0n) is 11.9. The molecule has 21 heavy (non-hydrogen) atoms. The number of β-lactam (4-membered cyclic amide) rings is 1. The minimum atomic E-state index is -0.453. The molecule has 2 aromatic rings. The fourth-order valence-corrected chi connectivity index (χ4v) is 2.52. The molecule has 1 aliphatic rings. The van der Waals surface area contributed by atoms with Crippen molar-refractivity contribution in [1.82, 2.24) is 0 Å². The molecule has 106 valence electrons. The molecular weight excluding hydrogens is 260 g/mol. The van der Waals surface area contributed by atoms with Crippen LogP contribution in [-0.4, -0.2) is 18.0 Å². The number of nitrogens with zero attached hydrogens (tertiary/aromatic N) is 1. The molecule has 0 aliphatic carbocycles. The van der Waals surface area contributed by atoms with E-state index in [2.05, 4.69) is 0 Å². The Balaban J connectivity index is 1.82. The number of hydrogen-bond donors (Lipinski definition) is 1. The summed E-state index contributed by atoms with van der Waals surface area (Å²) in [7, 11) is 0. The lowest BCUT2D eigenvalue weighted by Gasteiger charge is -2.43. The summed E-state index contributed by atoms with van der Waals surface area (Å²) in [6.45, 7) is 2.03. The average Bonchev–Trinajstić information content (AvgIpc) is 2.53. The van der Waals surface area contributed by atoms with Crippen LogP contribution >= 0.6 is 0 Å². The Kier molecular flexibility index (Phi) is 3.59. The van der Waals surface area contributed by atoms with E-state index >= 15 is 0 Å². The van der Waals surface area contributed by atoms with Crippen LogP contribution < -0.4 is 10.6 Å². The van der Waals surface area contributed by atoms with Crippen LogP contribution in [0.15, 0.2) is 60.7 Å². The van der Waals surface area contributed by atoms with Gasteiger partial charge in [-0.05, 0) is 24.6 Å². The van der Waals surface area contributed by atoms with Crippen molar-refractivity contribution in [2.45, 2.75) is 19.0 Å². The van der Waals surface area contributed by atoms with Crippen LogP contribution in [0.1, 0.15) is 11.1 Å². The molecule has 0 bridgehead atoms. The summed E-state index contributed by atoms with van der Waals surface area (Å²) in [5.41, 5.74) is 9.12. The van der Waals surface area contributed by atoms with Gasteiger partial charge in [0, 0.05) is 5.69 Å². The predicted octanol–water partition coefficient (Wildman–Crippen LogP) is 2.75. The Hall–Kier alpha value is -2.39. The number of hydrogen-bond acceptors (Lipinski definition) is 2. The summed E-state index contributed by atoms with van der Waals surface area (Å²) in [4.78, 5) is 13.8. The molecule has 1 aliphatic heterocycles. The molecule has 2 aromatic carbocycles. The molecule has 2 N–H and O–H groups in total. The molecule has 0 saturated carbocycles. The first-order valence-corrected chi connectivity index (χ1v) is 7.05. The number of anilines is 1. The van der Waals surface area contributed by atoms with Crippen molar-refractivity contribution < 1.29 is 4.79 Å². The smallest absolute Gasteiger partial charge is 0.247 e. The molecule has 2 atom stereocenters. The number of carbonyl (C=O) groups is 1. The number of nitrogens with two attached hydrogens (primary N) is 1. The molecule has 3 heteroatoms. The van der Waals surface area contributed by atoms with Crippen molar-refractivity contribution >= 4 is 17.7 Å². The second kappa shape index (κ2) is 5.54. The lowest BCUT2D eigenvalue weighted by atomic mass is 9.93. The summed E-state index contributed by atoms with van der Waals surface area (Å²) in [6.07, 6.45) is 4.01. The quantitative estimate of drug-likeness (QED) is 0.878. The molecule has 1 amide bonds. The first-order chi connectivity index (χ1) is 10.2. The molecule has 1 fully saturated rings. The fraction of sp³-hybridized carbons (Fsp3) is 0.167. The number of carbonyl (C=O) groups excluding carboxylic acids is 1. The minimum Gasteiger partial charge on any atom is -0.318 e. The molecule has 0 spiro atoms. The van der Waals surface area contributed by atoms with Crippen LogP contribution in [0, 0.1) is 6.92 Å². The van der Waals surface area contributed by atoms with Gasteiger partial charge in [-0.2, -0.15) is 0 Å². The topological polar surface area (TPSA) is 46.3 Å². The van der Waals surface area contributed by atoms with E-state index in [0.717, 1.165) is 11.3 Å². The van der Waals surface area contributed by atoms with Crippen molar-refractivity contribution in [3.8, 4) is 0 Å². The molecule has 0 aromatic heterocycles. The molecule has 0 radical (unpaired) electrons. The maximum absolute atomic E-state index is 12.0. The number of rotatable bonds is 3. The van der Waals surface area contributed by atoms with Gasteiger partial charge < -0.3 is 10.6 Å². The first-order valence-electron chi connectivity index (χ1n) is 7.05. The summed E-state index contributed by atoms with van der Waals surface area (Å²) in [6, 6.07) is 17.4. The number of benzene rings is 2. The minimum absolute atomic E-state index is 0.0263. The van der Waals surface area contributed by atoms with Gasteiger partial charge in [-0.3, -0.25) is 4.79 Å². The first kappa shape index (κ1) is 13.6. The Bertz CT molecular complexity index is 661. The predicted molar refractivity (Wildman–Crippen MR) is 85.9 cm³/mol. The normalized spacial score (nSPS) is 21.6. The Morgan fingerprint density at radius 3 is 2.38 bits per heavy atom. The van der Waals surface area contributed by atoms with Gasteiger partial charge >= 0.3 is 0 Å². The van der Waals surface area contributed by atoms with Gasteiger partial charge in [0.2, 0.25) is 5.91 Å². The Morgan fingerprint density at radius 1 is 1.05 bits per heavy atom. The van der Waals surface area contributed by atoms with E-state index in [1.165, 1.54) is 5.56 Å². The van der Waals surface area contributed by atoms with Gasteiger partial charge in [0.15, 0.2) is 0 Å². The van der Waals surface area contributed by atoms with Gasteiger partial charge in [-0.15, -0.1) is 0 Å². The molecule has 3 nitrogen and oxygen atoms in total. The van der Waals surface area contributed by atoms with E-state index in [-0.39, 0.29) is 11.9 Å². The van der Waals surface area contributed by atoms with E-state index < -0.39 is 6.04 Å². The van der Waals surface area contributed by atoms with Crippen LogP contribution in [0.3, 0.4) is 0 Å². The van der Waals surface area contributed by atoms with Crippen LogP contribution in [-0.2, 0) is 4.79 Å². The van der Waals surface area contributed by atoms with Gasteiger partial charge in [-0.25, -0.2) is 0 Å². The molecule has 0 unspecified atom stereocenters. The Labute approximate surface area is 124 Å².